The summed E-state index contributed by atoms with van der Waals surface area (Å²) < 4.78 is 1.69. The molecule has 0 fully saturated rings. The molecule has 0 radical (unpaired) electrons. The van der Waals surface area contributed by atoms with E-state index < -0.39 is 0 Å². The van der Waals surface area contributed by atoms with E-state index in [2.05, 4.69) is 5.10 Å². The molecule has 94 valence electrons. The van der Waals surface area contributed by atoms with Crippen LogP contribution in [0.15, 0.2) is 60.7 Å². The highest BCUT2D eigenvalue weighted by molar-refractivity contribution is 6.31. The molecule has 0 spiro atoms. The van der Waals surface area contributed by atoms with Crippen LogP contribution in [0.25, 0.3) is 16.9 Å². The molecule has 2 nitrogen and oxygen atoms in total. The zero-order valence-corrected chi connectivity index (χ0v) is 11.4. The van der Waals surface area contributed by atoms with E-state index in [4.69, 9.17) is 23.2 Å². The first-order valence-electron chi connectivity index (χ1n) is 5.81. The topological polar surface area (TPSA) is 17.8 Å². The van der Waals surface area contributed by atoms with E-state index in [9.17, 15) is 0 Å². The third-order valence-electron chi connectivity index (χ3n) is 2.81. The molecule has 1 aromatic heterocycles. The molecule has 0 unspecified atom stereocenters. The van der Waals surface area contributed by atoms with Gasteiger partial charge in [-0.1, -0.05) is 53.5 Å². The Morgan fingerprint density at radius 1 is 0.842 bits per heavy atom. The van der Waals surface area contributed by atoms with Gasteiger partial charge in [-0.15, -0.1) is 0 Å². The van der Waals surface area contributed by atoms with Crippen LogP contribution >= 0.6 is 23.2 Å². The van der Waals surface area contributed by atoms with Crippen molar-refractivity contribution in [3.05, 3.63) is 70.8 Å². The van der Waals surface area contributed by atoms with Crippen molar-refractivity contribution in [2.24, 2.45) is 0 Å². The molecule has 0 aliphatic rings. The number of benzene rings is 2. The summed E-state index contributed by atoms with van der Waals surface area (Å²) in [7, 11) is 0. The summed E-state index contributed by atoms with van der Waals surface area (Å²) in [5.41, 5.74) is 2.77. The minimum atomic E-state index is 0.571. The van der Waals surface area contributed by atoms with Crippen molar-refractivity contribution in [2.45, 2.75) is 0 Å². The summed E-state index contributed by atoms with van der Waals surface area (Å²) in [6.07, 6.45) is 0. The number of halogens is 2. The van der Waals surface area contributed by atoms with Crippen molar-refractivity contribution in [3.63, 3.8) is 0 Å². The molecule has 0 N–H and O–H groups in total. The van der Waals surface area contributed by atoms with Gasteiger partial charge in [-0.05, 0) is 24.3 Å². The van der Waals surface area contributed by atoms with Crippen LogP contribution in [0, 0.1) is 0 Å². The quantitative estimate of drug-likeness (QED) is 0.659. The fourth-order valence-electron chi connectivity index (χ4n) is 1.87. The predicted molar refractivity (Wildman–Crippen MR) is 79.0 cm³/mol. The maximum absolute atomic E-state index is 6.24. The van der Waals surface area contributed by atoms with Crippen LogP contribution in [-0.4, -0.2) is 9.78 Å². The molecule has 1 heterocycles. The Kier molecular flexibility index (Phi) is 3.28. The maximum atomic E-state index is 6.24. The van der Waals surface area contributed by atoms with Crippen molar-refractivity contribution in [2.75, 3.05) is 0 Å². The second kappa shape index (κ2) is 5.08. The zero-order valence-electron chi connectivity index (χ0n) is 9.92. The van der Waals surface area contributed by atoms with Gasteiger partial charge in [-0.3, -0.25) is 0 Å². The molecular formula is C15H10Cl2N2. The van der Waals surface area contributed by atoms with E-state index in [1.165, 1.54) is 0 Å². The first-order valence-corrected chi connectivity index (χ1v) is 6.56. The van der Waals surface area contributed by atoms with Gasteiger partial charge in [-0.25, -0.2) is 4.68 Å². The Balaban J connectivity index is 2.05. The minimum absolute atomic E-state index is 0.571. The number of hydrogen-bond acceptors (Lipinski definition) is 1. The lowest BCUT2D eigenvalue weighted by Crippen LogP contribution is -1.96. The van der Waals surface area contributed by atoms with Gasteiger partial charge in [-0.2, -0.15) is 5.10 Å². The monoisotopic (exact) mass is 288 g/mol. The summed E-state index contributed by atoms with van der Waals surface area (Å²) >= 11 is 12.1. The molecular weight excluding hydrogens is 279 g/mol. The van der Waals surface area contributed by atoms with Crippen molar-refractivity contribution < 1.29 is 0 Å². The van der Waals surface area contributed by atoms with Gasteiger partial charge < -0.3 is 0 Å². The molecule has 19 heavy (non-hydrogen) atoms. The van der Waals surface area contributed by atoms with E-state index in [0.29, 0.717) is 10.2 Å². The van der Waals surface area contributed by atoms with Gasteiger partial charge >= 0.3 is 0 Å². The average molecular weight is 289 g/mol. The van der Waals surface area contributed by atoms with Crippen LogP contribution in [0.1, 0.15) is 0 Å². The Morgan fingerprint density at radius 2 is 1.53 bits per heavy atom. The predicted octanol–water partition coefficient (Wildman–Crippen LogP) is 4.85. The first-order chi connectivity index (χ1) is 9.24. The van der Waals surface area contributed by atoms with Gasteiger partial charge in [0.15, 0.2) is 0 Å². The minimum Gasteiger partial charge on any atom is -0.222 e. The highest BCUT2D eigenvalue weighted by Gasteiger charge is 2.09. The molecule has 0 aliphatic carbocycles. The second-order valence-corrected chi connectivity index (χ2v) is 4.93. The van der Waals surface area contributed by atoms with Crippen LogP contribution in [-0.2, 0) is 0 Å². The SMILES string of the molecule is Clc1ccc(-n2nc(-c3ccccc3)cc2Cl)cc1. The van der Waals surface area contributed by atoms with Gasteiger partial charge in [0.25, 0.3) is 0 Å². The Labute approximate surface area is 121 Å². The van der Waals surface area contributed by atoms with Crippen molar-refractivity contribution in [1.29, 1.82) is 0 Å². The molecule has 0 saturated carbocycles. The van der Waals surface area contributed by atoms with E-state index >= 15 is 0 Å². The van der Waals surface area contributed by atoms with Gasteiger partial charge in [0.2, 0.25) is 0 Å². The Hall–Kier alpha value is -1.77. The largest absolute Gasteiger partial charge is 0.222 e. The summed E-state index contributed by atoms with van der Waals surface area (Å²) in [4.78, 5) is 0. The van der Waals surface area contributed by atoms with E-state index in [1.807, 2.05) is 60.7 Å². The van der Waals surface area contributed by atoms with Gasteiger partial charge in [0.1, 0.15) is 5.15 Å². The summed E-state index contributed by atoms with van der Waals surface area (Å²) in [5.74, 6) is 0. The molecule has 0 aliphatic heterocycles. The fourth-order valence-corrected chi connectivity index (χ4v) is 2.24. The standard InChI is InChI=1S/C15H10Cl2N2/c16-12-6-8-13(9-7-12)19-15(17)10-14(18-19)11-4-2-1-3-5-11/h1-10H. The Bertz CT molecular complexity index is 688. The fraction of sp³-hybridized carbons (Fsp3) is 0. The van der Waals surface area contributed by atoms with Crippen LogP contribution in [0.5, 0.6) is 0 Å². The molecule has 0 atom stereocenters. The molecule has 0 bridgehead atoms. The number of rotatable bonds is 2. The van der Waals surface area contributed by atoms with Crippen molar-refractivity contribution in [3.8, 4) is 16.9 Å². The second-order valence-electron chi connectivity index (χ2n) is 4.11. The van der Waals surface area contributed by atoms with Crippen LogP contribution < -0.4 is 0 Å². The first kappa shape index (κ1) is 12.3. The molecule has 0 saturated heterocycles. The van der Waals surface area contributed by atoms with Gasteiger partial charge in [0.05, 0.1) is 11.4 Å². The molecule has 3 aromatic rings. The third kappa shape index (κ3) is 2.50. The van der Waals surface area contributed by atoms with Crippen LogP contribution in [0.3, 0.4) is 0 Å². The molecule has 0 amide bonds. The highest BCUT2D eigenvalue weighted by atomic mass is 35.5. The van der Waals surface area contributed by atoms with Crippen molar-refractivity contribution >= 4 is 23.2 Å². The number of aromatic nitrogens is 2. The molecule has 4 heteroatoms. The summed E-state index contributed by atoms with van der Waals surface area (Å²) in [5, 5.41) is 5.78. The summed E-state index contributed by atoms with van der Waals surface area (Å²) in [6.45, 7) is 0. The van der Waals surface area contributed by atoms with E-state index in [-0.39, 0.29) is 0 Å². The molecule has 3 rings (SSSR count). The van der Waals surface area contributed by atoms with Crippen molar-refractivity contribution in [1.82, 2.24) is 9.78 Å². The maximum Gasteiger partial charge on any atom is 0.133 e. The lowest BCUT2D eigenvalue weighted by molar-refractivity contribution is 0.885. The van der Waals surface area contributed by atoms with Crippen LogP contribution in [0.2, 0.25) is 10.2 Å². The average Bonchev–Trinajstić information content (AvgIpc) is 2.83. The smallest absolute Gasteiger partial charge is 0.133 e. The normalized spacial score (nSPS) is 10.6. The van der Waals surface area contributed by atoms with E-state index in [1.54, 1.807) is 4.68 Å². The van der Waals surface area contributed by atoms with Gasteiger partial charge in [0, 0.05) is 16.7 Å². The van der Waals surface area contributed by atoms with Crippen LogP contribution in [0.4, 0.5) is 0 Å². The number of nitrogens with zero attached hydrogens (tertiary/aromatic N) is 2. The van der Waals surface area contributed by atoms with E-state index in [0.717, 1.165) is 16.9 Å². The number of hydrogen-bond donors (Lipinski definition) is 0. The zero-order chi connectivity index (χ0) is 13.2. The summed E-state index contributed by atoms with van der Waals surface area (Å²) in [6, 6.07) is 19.2. The Morgan fingerprint density at radius 3 is 2.21 bits per heavy atom. The lowest BCUT2D eigenvalue weighted by atomic mass is 10.2. The third-order valence-corrected chi connectivity index (χ3v) is 3.33. The molecule has 2 aromatic carbocycles. The highest BCUT2D eigenvalue weighted by Crippen LogP contribution is 2.24. The lowest BCUT2D eigenvalue weighted by Gasteiger charge is -2.02.